The Labute approximate surface area is 112 Å². The molecule has 0 unspecified atom stereocenters. The van der Waals surface area contributed by atoms with E-state index in [4.69, 9.17) is 0 Å². The molecule has 0 atom stereocenters. The van der Waals surface area contributed by atoms with E-state index in [2.05, 4.69) is 27.0 Å². The van der Waals surface area contributed by atoms with Crippen LogP contribution < -0.4 is 5.62 Å². The number of nitrogens with zero attached hydrogens (tertiary/aromatic N) is 7. The molecule has 1 heterocycles. The number of allylic oxidation sites excluding steroid dienone is 1. The van der Waals surface area contributed by atoms with Crippen molar-refractivity contribution in [3.05, 3.63) is 42.7 Å². The first-order valence-electron chi connectivity index (χ1n) is 5.75. The van der Waals surface area contributed by atoms with E-state index >= 15 is 0 Å². The molecule has 0 radical (unpaired) electrons. The van der Waals surface area contributed by atoms with Crippen LogP contribution in [0.2, 0.25) is 0 Å². The molecule has 0 fully saturated rings. The topological polar surface area (TPSA) is 62.5 Å². The smallest absolute Gasteiger partial charge is 0.229 e. The van der Waals surface area contributed by atoms with Gasteiger partial charge in [-0.15, -0.1) is 20.4 Å². The van der Waals surface area contributed by atoms with Crippen molar-refractivity contribution < 1.29 is 0 Å². The number of azo groups is 1. The van der Waals surface area contributed by atoms with Gasteiger partial charge < -0.3 is 14.0 Å². The number of rotatable bonds is 5. The van der Waals surface area contributed by atoms with Crippen LogP contribution in [0.1, 0.15) is 6.92 Å². The summed E-state index contributed by atoms with van der Waals surface area (Å²) < 4.78 is 3.71. The van der Waals surface area contributed by atoms with Gasteiger partial charge in [0.2, 0.25) is 5.62 Å². The second kappa shape index (κ2) is 7.10. The second-order valence-corrected chi connectivity index (χ2v) is 3.88. The molecule has 0 aliphatic carbocycles. The molecule has 1 aromatic heterocycles. The quantitative estimate of drug-likeness (QED) is 0.343. The van der Waals surface area contributed by atoms with Crippen molar-refractivity contribution in [1.82, 2.24) is 14.0 Å². The predicted molar refractivity (Wildman–Crippen MR) is 75.0 cm³/mol. The van der Waals surface area contributed by atoms with E-state index in [1.165, 1.54) is 6.34 Å². The number of aromatic nitrogens is 2. The average molecular weight is 261 g/mol. The second-order valence-electron chi connectivity index (χ2n) is 3.88. The molecule has 0 saturated carbocycles. The lowest BCUT2D eigenvalue weighted by molar-refractivity contribution is 0.556. The highest BCUT2D eigenvalue weighted by molar-refractivity contribution is 5.54. The van der Waals surface area contributed by atoms with Crippen LogP contribution in [0, 0.1) is 0 Å². The van der Waals surface area contributed by atoms with Crippen molar-refractivity contribution >= 4 is 6.34 Å². The SMILES string of the molecule is C=C(N=N/C=N/N=c1n(C)ccn1C)N(C)/C=C\C. The monoisotopic (exact) mass is 261 g/mol. The van der Waals surface area contributed by atoms with Gasteiger partial charge in [-0.25, -0.2) is 0 Å². The Morgan fingerprint density at radius 2 is 1.95 bits per heavy atom. The minimum absolute atomic E-state index is 0.522. The van der Waals surface area contributed by atoms with Gasteiger partial charge >= 0.3 is 0 Å². The van der Waals surface area contributed by atoms with Crippen molar-refractivity contribution in [1.29, 1.82) is 0 Å². The van der Waals surface area contributed by atoms with Crippen molar-refractivity contribution in [3.8, 4) is 0 Å². The maximum absolute atomic E-state index is 4.03. The van der Waals surface area contributed by atoms with Gasteiger partial charge in [0, 0.05) is 39.7 Å². The first kappa shape index (κ1) is 14.6. The molecule has 0 aromatic carbocycles. The molecule has 0 aliphatic heterocycles. The van der Waals surface area contributed by atoms with Crippen LogP contribution in [0.3, 0.4) is 0 Å². The molecule has 0 aliphatic rings. The maximum atomic E-state index is 4.03. The van der Waals surface area contributed by atoms with Gasteiger partial charge in [0.15, 0.2) is 6.34 Å². The highest BCUT2D eigenvalue weighted by Crippen LogP contribution is 2.00. The molecule has 0 N–H and O–H groups in total. The van der Waals surface area contributed by atoms with Crippen molar-refractivity contribution in [3.63, 3.8) is 0 Å². The van der Waals surface area contributed by atoms with Gasteiger partial charge in [-0.1, -0.05) is 12.7 Å². The van der Waals surface area contributed by atoms with Crippen molar-refractivity contribution in [2.24, 2.45) is 34.5 Å². The fourth-order valence-electron chi connectivity index (χ4n) is 1.30. The molecular formula is C12H19N7. The van der Waals surface area contributed by atoms with E-state index in [1.54, 1.807) is 4.90 Å². The summed E-state index contributed by atoms with van der Waals surface area (Å²) >= 11 is 0. The van der Waals surface area contributed by atoms with Crippen LogP contribution in [0.15, 0.2) is 57.5 Å². The fourth-order valence-corrected chi connectivity index (χ4v) is 1.30. The molecule has 102 valence electrons. The lowest BCUT2D eigenvalue weighted by Gasteiger charge is -2.10. The minimum Gasteiger partial charge on any atom is -0.335 e. The summed E-state index contributed by atoms with van der Waals surface area (Å²) in [6.07, 6.45) is 8.79. The first-order chi connectivity index (χ1) is 9.06. The Bertz CT molecular complexity index is 549. The van der Waals surface area contributed by atoms with Gasteiger partial charge in [-0.3, -0.25) is 0 Å². The Kier molecular flexibility index (Phi) is 5.46. The molecule has 0 amide bonds. The zero-order valence-corrected chi connectivity index (χ0v) is 11.7. The minimum atomic E-state index is 0.522. The summed E-state index contributed by atoms with van der Waals surface area (Å²) in [5, 5.41) is 15.5. The number of hydrogen-bond acceptors (Lipinski definition) is 4. The van der Waals surface area contributed by atoms with Crippen LogP contribution >= 0.6 is 0 Å². The standard InChI is InChI=1S/C12H19N7/c1-6-7-17(3)11(2)15-13-10-14-16-12-18(4)8-9-19(12)5/h6-10H,2H2,1,3-5H3/b7-6-,14-10+,15-13?. The average Bonchev–Trinajstić information content (AvgIpc) is 2.69. The summed E-state index contributed by atoms with van der Waals surface area (Å²) in [7, 11) is 5.63. The Hall–Kier alpha value is -2.44. The van der Waals surface area contributed by atoms with Crippen LogP contribution in [0.4, 0.5) is 0 Å². The van der Waals surface area contributed by atoms with E-state index in [0.717, 1.165) is 5.62 Å². The highest BCUT2D eigenvalue weighted by Gasteiger charge is 1.93. The molecule has 1 rings (SSSR count). The van der Waals surface area contributed by atoms with E-state index in [1.807, 2.05) is 61.9 Å². The largest absolute Gasteiger partial charge is 0.335 e. The number of imidazole rings is 1. The third-order valence-corrected chi connectivity index (χ3v) is 2.35. The molecule has 19 heavy (non-hydrogen) atoms. The lowest BCUT2D eigenvalue weighted by Crippen LogP contribution is -2.20. The summed E-state index contributed by atoms with van der Waals surface area (Å²) in [4.78, 5) is 1.76. The zero-order valence-electron chi connectivity index (χ0n) is 11.7. The molecular weight excluding hydrogens is 242 g/mol. The number of aryl methyl sites for hydroxylation is 2. The highest BCUT2D eigenvalue weighted by atomic mass is 15.3. The van der Waals surface area contributed by atoms with E-state index in [-0.39, 0.29) is 0 Å². The third kappa shape index (κ3) is 4.38. The third-order valence-electron chi connectivity index (χ3n) is 2.35. The molecule has 7 heteroatoms. The predicted octanol–water partition coefficient (Wildman–Crippen LogP) is 1.60. The molecule has 0 saturated heterocycles. The summed E-state index contributed by atoms with van der Waals surface area (Å²) in [5.41, 5.74) is 0.719. The van der Waals surface area contributed by atoms with Crippen LogP contribution in [-0.4, -0.2) is 27.4 Å². The lowest BCUT2D eigenvalue weighted by atomic mass is 10.6. The van der Waals surface area contributed by atoms with E-state index < -0.39 is 0 Å². The molecule has 0 bridgehead atoms. The maximum Gasteiger partial charge on any atom is 0.229 e. The molecule has 0 spiro atoms. The van der Waals surface area contributed by atoms with Crippen molar-refractivity contribution in [2.45, 2.75) is 6.92 Å². The fraction of sp³-hybridized carbons (Fsp3) is 0.333. The van der Waals surface area contributed by atoms with Gasteiger partial charge in [-0.05, 0) is 6.92 Å². The first-order valence-corrected chi connectivity index (χ1v) is 5.75. The summed E-state index contributed by atoms with van der Waals surface area (Å²) in [6.45, 7) is 5.68. The van der Waals surface area contributed by atoms with Gasteiger partial charge in [0.25, 0.3) is 0 Å². The molecule has 7 nitrogen and oxygen atoms in total. The van der Waals surface area contributed by atoms with Gasteiger partial charge in [0.1, 0.15) is 5.82 Å². The van der Waals surface area contributed by atoms with Crippen LogP contribution in [-0.2, 0) is 14.1 Å². The summed E-state index contributed by atoms with van der Waals surface area (Å²) in [6, 6.07) is 0. The van der Waals surface area contributed by atoms with Gasteiger partial charge in [-0.2, -0.15) is 0 Å². The molecule has 1 aromatic rings. The Balaban J connectivity index is 2.65. The zero-order chi connectivity index (χ0) is 14.3. The summed E-state index contributed by atoms with van der Waals surface area (Å²) in [5.74, 6) is 0.522. The van der Waals surface area contributed by atoms with Crippen LogP contribution in [0.5, 0.6) is 0 Å². The van der Waals surface area contributed by atoms with E-state index in [0.29, 0.717) is 5.82 Å². The van der Waals surface area contributed by atoms with Gasteiger partial charge in [0.05, 0.1) is 0 Å². The Morgan fingerprint density at radius 3 is 2.53 bits per heavy atom. The Morgan fingerprint density at radius 1 is 1.32 bits per heavy atom. The number of hydrogen-bond donors (Lipinski definition) is 0. The van der Waals surface area contributed by atoms with Crippen LogP contribution in [0.25, 0.3) is 0 Å². The van der Waals surface area contributed by atoms with E-state index in [9.17, 15) is 0 Å². The normalized spacial score (nSPS) is 11.8. The van der Waals surface area contributed by atoms with Crippen molar-refractivity contribution in [2.75, 3.05) is 7.05 Å².